The lowest BCUT2D eigenvalue weighted by Gasteiger charge is -2.19. The fourth-order valence-corrected chi connectivity index (χ4v) is 6.54. The van der Waals surface area contributed by atoms with Crippen LogP contribution in [-0.4, -0.2) is 62.4 Å². The highest BCUT2D eigenvalue weighted by atomic mass is 32.2. The molecule has 3 aromatic rings. The van der Waals surface area contributed by atoms with Gasteiger partial charge in [0.15, 0.2) is 0 Å². The second-order valence-electron chi connectivity index (χ2n) is 11.0. The number of nitrogens with zero attached hydrogens (tertiary/aromatic N) is 1. The molecule has 0 aliphatic rings. The minimum Gasteiger partial charge on any atom is -0.480 e. The lowest BCUT2D eigenvalue weighted by molar-refractivity contribution is -0.139. The minimum absolute atomic E-state index is 0.0399. The highest BCUT2D eigenvalue weighted by Gasteiger charge is 2.24. The zero-order valence-electron chi connectivity index (χ0n) is 25.1. The van der Waals surface area contributed by atoms with Gasteiger partial charge in [-0.25, -0.2) is 13.2 Å². The quantitative estimate of drug-likeness (QED) is 0.208. The lowest BCUT2D eigenvalue weighted by Crippen LogP contribution is -2.42. The molecule has 0 spiro atoms. The summed E-state index contributed by atoms with van der Waals surface area (Å²) in [6.07, 6.45) is 3.81. The molecule has 0 radical (unpaired) electrons. The summed E-state index contributed by atoms with van der Waals surface area (Å²) in [6, 6.07) is 16.1. The van der Waals surface area contributed by atoms with E-state index in [-0.39, 0.29) is 18.3 Å². The van der Waals surface area contributed by atoms with Gasteiger partial charge in [0, 0.05) is 28.1 Å². The molecule has 2 N–H and O–H groups in total. The average molecular weight is 615 g/mol. The summed E-state index contributed by atoms with van der Waals surface area (Å²) in [5, 5.41) is 12.2. The molecule has 0 saturated heterocycles. The van der Waals surface area contributed by atoms with Gasteiger partial charge >= 0.3 is 5.97 Å². The first-order chi connectivity index (χ1) is 19.9. The zero-order chi connectivity index (χ0) is 30.9. The Morgan fingerprint density at radius 3 is 2.43 bits per heavy atom. The van der Waals surface area contributed by atoms with Gasteiger partial charge in [0.25, 0.3) is 5.91 Å². The third-order valence-electron chi connectivity index (χ3n) is 6.89. The Labute approximate surface area is 253 Å². The number of aryl methyl sites for hydroxylation is 1. The predicted molar refractivity (Wildman–Crippen MR) is 169 cm³/mol. The van der Waals surface area contributed by atoms with Crippen LogP contribution in [0, 0.1) is 6.92 Å². The van der Waals surface area contributed by atoms with Crippen LogP contribution in [0.3, 0.4) is 0 Å². The molecule has 0 bridgehead atoms. The molecule has 10 heteroatoms. The van der Waals surface area contributed by atoms with Gasteiger partial charge in [-0.3, -0.25) is 4.79 Å². The molecule has 2 atom stereocenters. The Hall–Kier alpha value is -3.05. The summed E-state index contributed by atoms with van der Waals surface area (Å²) >= 11 is 1.77. The van der Waals surface area contributed by atoms with E-state index in [1.807, 2.05) is 43.3 Å². The molecule has 1 heterocycles. The number of unbranched alkanes of at least 4 members (excludes halogenated alkanes) is 1. The summed E-state index contributed by atoms with van der Waals surface area (Å²) < 4.78 is 29.7. The molecule has 0 aliphatic heterocycles. The van der Waals surface area contributed by atoms with Gasteiger partial charge in [-0.1, -0.05) is 50.1 Å². The van der Waals surface area contributed by atoms with Crippen molar-refractivity contribution in [3.63, 3.8) is 0 Å². The zero-order valence-corrected chi connectivity index (χ0v) is 26.7. The monoisotopic (exact) mass is 614 g/mol. The van der Waals surface area contributed by atoms with Crippen molar-refractivity contribution in [2.24, 2.45) is 0 Å². The number of benzene rings is 2. The molecule has 8 nitrogen and oxygen atoms in total. The summed E-state index contributed by atoms with van der Waals surface area (Å²) in [7, 11) is 0.718. The molecular weight excluding hydrogens is 572 g/mol. The number of thiophene rings is 1. The van der Waals surface area contributed by atoms with Crippen LogP contribution in [0.15, 0.2) is 54.6 Å². The average Bonchev–Trinajstić information content (AvgIpc) is 3.38. The van der Waals surface area contributed by atoms with Crippen molar-refractivity contribution in [1.82, 2.24) is 10.2 Å². The molecule has 0 unspecified atom stereocenters. The Kier molecular flexibility index (Phi) is 12.3. The van der Waals surface area contributed by atoms with Gasteiger partial charge in [-0.2, -0.15) is 0 Å². The van der Waals surface area contributed by atoms with Crippen LogP contribution in [0.25, 0.3) is 11.1 Å². The molecule has 3 rings (SSSR count). The minimum atomic E-state index is -3.39. The van der Waals surface area contributed by atoms with E-state index in [2.05, 4.69) is 43.4 Å². The van der Waals surface area contributed by atoms with Crippen LogP contribution in [0.4, 0.5) is 0 Å². The number of carboxylic acid groups (broad SMARTS) is 1. The standard InChI is InChI=1S/C32H42N2O6S2/c1-6-7-12-29(30-16-14-24(41-30)20-34(3)4)40-21-23-13-15-26(27(19-23)25-11-9-8-10-22(25)2)31(35)33-28(32(36)37)17-18-42(5,38)39/h8-11,13-16,19,28-29H,6-7,12,17-18,20-21H2,1-5H3,(H,33,35)(H,36,37)/t28-,29-/m0/s1. The number of aliphatic carboxylic acids is 1. The van der Waals surface area contributed by atoms with E-state index >= 15 is 0 Å². The summed E-state index contributed by atoms with van der Waals surface area (Å²) in [5.74, 6) is -2.20. The van der Waals surface area contributed by atoms with Crippen LogP contribution in [0.1, 0.15) is 70.0 Å². The second-order valence-corrected chi connectivity index (χ2v) is 14.4. The number of hydrogen-bond donors (Lipinski definition) is 2. The maximum absolute atomic E-state index is 13.4. The number of amides is 1. The number of nitrogens with one attached hydrogen (secondary N) is 1. The van der Waals surface area contributed by atoms with Crippen LogP contribution in [-0.2, 0) is 32.5 Å². The Morgan fingerprint density at radius 2 is 1.79 bits per heavy atom. The highest BCUT2D eigenvalue weighted by molar-refractivity contribution is 7.90. The highest BCUT2D eigenvalue weighted by Crippen LogP contribution is 2.33. The lowest BCUT2D eigenvalue weighted by atomic mass is 9.93. The third-order valence-corrected chi connectivity index (χ3v) is 9.03. The maximum atomic E-state index is 13.4. The van der Waals surface area contributed by atoms with Gasteiger partial charge in [-0.15, -0.1) is 11.3 Å². The van der Waals surface area contributed by atoms with Gasteiger partial charge in [0.2, 0.25) is 0 Å². The summed E-state index contributed by atoms with van der Waals surface area (Å²) in [6.45, 7) is 5.35. The molecule has 228 valence electrons. The normalized spacial score (nSPS) is 13.2. The molecule has 0 aliphatic carbocycles. The van der Waals surface area contributed by atoms with E-state index < -0.39 is 27.8 Å². The Bertz CT molecular complexity index is 1470. The van der Waals surface area contributed by atoms with Crippen molar-refractivity contribution >= 4 is 33.1 Å². The number of sulfone groups is 1. The summed E-state index contributed by atoms with van der Waals surface area (Å²) in [4.78, 5) is 29.8. The topological polar surface area (TPSA) is 113 Å². The predicted octanol–water partition coefficient (Wildman–Crippen LogP) is 5.85. The fourth-order valence-electron chi connectivity index (χ4n) is 4.66. The van der Waals surface area contributed by atoms with Crippen LogP contribution in [0.2, 0.25) is 0 Å². The van der Waals surface area contributed by atoms with E-state index in [9.17, 15) is 23.1 Å². The van der Waals surface area contributed by atoms with Crippen molar-refractivity contribution < 1.29 is 27.9 Å². The first-order valence-electron chi connectivity index (χ1n) is 14.1. The third kappa shape index (κ3) is 10.0. The molecular formula is C32H42N2O6S2. The SMILES string of the molecule is CCCC[C@H](OCc1ccc(C(=O)N[C@@H](CCS(C)(=O)=O)C(=O)O)c(-c2ccccc2C)c1)c1ccc(CN(C)C)s1. The Morgan fingerprint density at radius 1 is 1.05 bits per heavy atom. The van der Waals surface area contributed by atoms with Gasteiger partial charge in [0.1, 0.15) is 15.9 Å². The molecule has 42 heavy (non-hydrogen) atoms. The van der Waals surface area contributed by atoms with Gasteiger partial charge < -0.3 is 20.1 Å². The molecule has 2 aromatic carbocycles. The van der Waals surface area contributed by atoms with E-state index in [1.54, 1.807) is 17.4 Å². The Balaban J connectivity index is 1.89. The number of ether oxygens (including phenoxy) is 1. The van der Waals surface area contributed by atoms with E-state index in [0.717, 1.165) is 48.8 Å². The van der Waals surface area contributed by atoms with E-state index in [1.165, 1.54) is 9.75 Å². The van der Waals surface area contributed by atoms with Crippen molar-refractivity contribution in [2.45, 2.75) is 64.8 Å². The van der Waals surface area contributed by atoms with Crippen LogP contribution in [0.5, 0.6) is 0 Å². The first-order valence-corrected chi connectivity index (χ1v) is 17.0. The maximum Gasteiger partial charge on any atom is 0.326 e. The van der Waals surface area contributed by atoms with Crippen LogP contribution >= 0.6 is 11.3 Å². The first kappa shape index (κ1) is 33.5. The van der Waals surface area contributed by atoms with E-state index in [4.69, 9.17) is 4.74 Å². The molecule has 0 saturated carbocycles. The molecule has 1 aromatic heterocycles. The second kappa shape index (κ2) is 15.4. The summed E-state index contributed by atoms with van der Waals surface area (Å²) in [5.41, 5.74) is 3.68. The fraction of sp³-hybridized carbons (Fsp3) is 0.438. The number of carbonyl (C=O) groups excluding carboxylic acids is 1. The molecule has 0 fully saturated rings. The molecule has 1 amide bonds. The van der Waals surface area contributed by atoms with Crippen LogP contribution < -0.4 is 5.32 Å². The number of carbonyl (C=O) groups is 2. The largest absolute Gasteiger partial charge is 0.480 e. The van der Waals surface area contributed by atoms with Crippen molar-refractivity contribution in [3.8, 4) is 11.1 Å². The van der Waals surface area contributed by atoms with Crippen molar-refractivity contribution in [2.75, 3.05) is 26.1 Å². The van der Waals surface area contributed by atoms with Gasteiger partial charge in [0.05, 0.1) is 18.5 Å². The van der Waals surface area contributed by atoms with Crippen molar-refractivity contribution in [1.29, 1.82) is 0 Å². The number of carboxylic acids is 1. The van der Waals surface area contributed by atoms with Crippen molar-refractivity contribution in [3.05, 3.63) is 81.0 Å². The number of hydrogen-bond acceptors (Lipinski definition) is 7. The van der Waals surface area contributed by atoms with Gasteiger partial charge in [-0.05, 0) is 80.4 Å². The van der Waals surface area contributed by atoms with E-state index in [0.29, 0.717) is 17.7 Å². The smallest absolute Gasteiger partial charge is 0.326 e. The number of rotatable bonds is 16.